The van der Waals surface area contributed by atoms with Crippen LogP contribution in [0.15, 0.2) is 35.7 Å². The van der Waals surface area contributed by atoms with E-state index in [0.29, 0.717) is 60.7 Å². The molecule has 5 rings (SSSR count). The van der Waals surface area contributed by atoms with E-state index in [4.69, 9.17) is 9.72 Å². The minimum Gasteiger partial charge on any atom is -0.381 e. The van der Waals surface area contributed by atoms with Crippen LogP contribution in [0.3, 0.4) is 0 Å². The summed E-state index contributed by atoms with van der Waals surface area (Å²) in [6, 6.07) is 6.27. The van der Waals surface area contributed by atoms with Gasteiger partial charge in [0.1, 0.15) is 16.7 Å². The Balaban J connectivity index is 1.44. The molecular formula is C28H32F3N5O3S. The average molecular weight is 576 g/mol. The molecule has 0 aliphatic carbocycles. The number of halogens is 3. The molecule has 0 spiro atoms. The normalized spacial score (nSPS) is 20.0. The fourth-order valence-electron chi connectivity index (χ4n) is 5.40. The second-order valence-electron chi connectivity index (χ2n) is 10.3. The monoisotopic (exact) mass is 575 g/mol. The number of rotatable bonds is 7. The summed E-state index contributed by atoms with van der Waals surface area (Å²) in [7, 11) is 1.69. The number of pyridine rings is 1. The molecule has 12 heteroatoms. The van der Waals surface area contributed by atoms with Crippen molar-refractivity contribution in [3.05, 3.63) is 46.4 Å². The van der Waals surface area contributed by atoms with Gasteiger partial charge < -0.3 is 20.3 Å². The van der Waals surface area contributed by atoms with Crippen LogP contribution in [0.1, 0.15) is 49.4 Å². The molecule has 2 aliphatic rings. The SMILES string of the molecule is CN[C@@H](C)C(=O)N[C@H](C(=O)N1CCCC1c1nc(-c2cc(C(F)(F)F)nc3ccccc23)cs1)C1CCOCC1. The lowest BCUT2D eigenvalue weighted by atomic mass is 9.90. The fraction of sp³-hybridized carbons (Fsp3) is 0.500. The quantitative estimate of drug-likeness (QED) is 0.429. The van der Waals surface area contributed by atoms with Crippen molar-refractivity contribution in [1.82, 2.24) is 25.5 Å². The van der Waals surface area contributed by atoms with Crippen molar-refractivity contribution in [2.75, 3.05) is 26.8 Å². The standard InChI is InChI=1S/C28H32F3N5O3S/c1-16(32-2)25(37)35-24(17-9-12-39-13-10-17)27(38)36-11-5-8-22(36)26-34-21(15-40-26)19-14-23(28(29,30)31)33-20-7-4-3-6-18(19)20/h3-4,6-7,14-17,22,24,32H,5,8-13H2,1-2H3,(H,35,37)/t16-,22?,24-/m0/s1. The topological polar surface area (TPSA) is 96.5 Å². The summed E-state index contributed by atoms with van der Waals surface area (Å²) >= 11 is 1.33. The van der Waals surface area contributed by atoms with Crippen molar-refractivity contribution < 1.29 is 27.5 Å². The van der Waals surface area contributed by atoms with Crippen LogP contribution in [-0.2, 0) is 20.5 Å². The van der Waals surface area contributed by atoms with E-state index < -0.39 is 24.0 Å². The molecular weight excluding hydrogens is 543 g/mol. The molecule has 1 unspecified atom stereocenters. The second kappa shape index (κ2) is 11.8. The molecule has 3 aromatic rings. The van der Waals surface area contributed by atoms with Gasteiger partial charge in [-0.05, 0) is 57.7 Å². The van der Waals surface area contributed by atoms with Crippen LogP contribution in [0.4, 0.5) is 13.2 Å². The minimum atomic E-state index is -4.60. The molecule has 40 heavy (non-hydrogen) atoms. The molecule has 8 nitrogen and oxygen atoms in total. The molecule has 0 bridgehead atoms. The van der Waals surface area contributed by atoms with E-state index in [2.05, 4.69) is 15.6 Å². The molecule has 4 heterocycles. The number of nitrogens with one attached hydrogen (secondary N) is 2. The predicted octanol–water partition coefficient (Wildman–Crippen LogP) is 4.56. The van der Waals surface area contributed by atoms with Gasteiger partial charge in [0.15, 0.2) is 0 Å². The highest BCUT2D eigenvalue weighted by molar-refractivity contribution is 7.10. The van der Waals surface area contributed by atoms with Crippen molar-refractivity contribution in [3.8, 4) is 11.3 Å². The Morgan fingerprint density at radius 2 is 1.90 bits per heavy atom. The number of hydrogen-bond acceptors (Lipinski definition) is 7. The van der Waals surface area contributed by atoms with Gasteiger partial charge in [0.25, 0.3) is 0 Å². The van der Waals surface area contributed by atoms with Gasteiger partial charge in [0.2, 0.25) is 11.8 Å². The van der Waals surface area contributed by atoms with Crippen LogP contribution in [0.5, 0.6) is 0 Å². The molecule has 0 radical (unpaired) electrons. The highest BCUT2D eigenvalue weighted by atomic mass is 32.1. The summed E-state index contributed by atoms with van der Waals surface area (Å²) < 4.78 is 46.4. The Bertz CT molecular complexity index is 1370. The number of para-hydroxylation sites is 1. The number of ether oxygens (including phenoxy) is 1. The van der Waals surface area contributed by atoms with Crippen LogP contribution in [0.25, 0.3) is 22.2 Å². The van der Waals surface area contributed by atoms with Crippen molar-refractivity contribution in [3.63, 3.8) is 0 Å². The maximum absolute atomic E-state index is 14.0. The summed E-state index contributed by atoms with van der Waals surface area (Å²) in [6.45, 7) is 3.32. The lowest BCUT2D eigenvalue weighted by molar-refractivity contribution is -0.141. The van der Waals surface area contributed by atoms with Crippen LogP contribution in [0.2, 0.25) is 0 Å². The van der Waals surface area contributed by atoms with Crippen molar-refractivity contribution in [2.45, 2.75) is 56.9 Å². The van der Waals surface area contributed by atoms with E-state index in [9.17, 15) is 22.8 Å². The van der Waals surface area contributed by atoms with E-state index in [1.807, 2.05) is 0 Å². The highest BCUT2D eigenvalue weighted by Crippen LogP contribution is 2.39. The molecule has 2 N–H and O–H groups in total. The summed E-state index contributed by atoms with van der Waals surface area (Å²) in [5, 5.41) is 8.87. The Labute approximate surface area is 234 Å². The first-order valence-electron chi connectivity index (χ1n) is 13.5. The number of likely N-dealkylation sites (N-methyl/N-ethyl adjacent to an activating group) is 1. The van der Waals surface area contributed by atoms with Crippen LogP contribution in [0, 0.1) is 5.92 Å². The third-order valence-corrected chi connectivity index (χ3v) is 8.70. The molecule has 2 aromatic heterocycles. The number of likely N-dealkylation sites (tertiary alicyclic amines) is 1. The number of hydrogen-bond donors (Lipinski definition) is 2. The van der Waals surface area contributed by atoms with Gasteiger partial charge >= 0.3 is 6.18 Å². The van der Waals surface area contributed by atoms with Gasteiger partial charge in [-0.2, -0.15) is 13.2 Å². The van der Waals surface area contributed by atoms with E-state index in [1.54, 1.807) is 48.5 Å². The Morgan fingerprint density at radius 3 is 2.62 bits per heavy atom. The third kappa shape index (κ3) is 5.84. The van der Waals surface area contributed by atoms with Gasteiger partial charge in [-0.15, -0.1) is 11.3 Å². The zero-order chi connectivity index (χ0) is 28.4. The summed E-state index contributed by atoms with van der Waals surface area (Å²) in [4.78, 5) is 37.1. The Hall–Kier alpha value is -3.09. The van der Waals surface area contributed by atoms with Crippen molar-refractivity contribution in [1.29, 1.82) is 0 Å². The molecule has 2 saturated heterocycles. The molecule has 2 aliphatic heterocycles. The van der Waals surface area contributed by atoms with Gasteiger partial charge in [0.05, 0.1) is 23.3 Å². The third-order valence-electron chi connectivity index (χ3n) is 7.75. The summed E-state index contributed by atoms with van der Waals surface area (Å²) in [6.07, 6.45) is -1.81. The predicted molar refractivity (Wildman–Crippen MR) is 146 cm³/mol. The lowest BCUT2D eigenvalue weighted by Crippen LogP contribution is -2.56. The maximum Gasteiger partial charge on any atom is 0.433 e. The smallest absolute Gasteiger partial charge is 0.381 e. The molecule has 2 fully saturated rings. The van der Waals surface area contributed by atoms with Crippen LogP contribution < -0.4 is 10.6 Å². The number of benzene rings is 1. The number of carbonyl (C=O) groups excluding carboxylic acids is 2. The Kier molecular flexibility index (Phi) is 8.39. The first-order chi connectivity index (χ1) is 19.2. The number of carbonyl (C=O) groups is 2. The largest absolute Gasteiger partial charge is 0.433 e. The maximum atomic E-state index is 14.0. The van der Waals surface area contributed by atoms with E-state index in [1.165, 1.54) is 11.3 Å². The minimum absolute atomic E-state index is 0.0497. The Morgan fingerprint density at radius 1 is 1.15 bits per heavy atom. The van der Waals surface area contributed by atoms with Gasteiger partial charge in [-0.25, -0.2) is 9.97 Å². The van der Waals surface area contributed by atoms with E-state index >= 15 is 0 Å². The number of thiazole rings is 1. The number of nitrogens with zero attached hydrogens (tertiary/aromatic N) is 3. The zero-order valence-corrected chi connectivity index (χ0v) is 23.1. The van der Waals surface area contributed by atoms with Crippen LogP contribution >= 0.6 is 11.3 Å². The van der Waals surface area contributed by atoms with Crippen molar-refractivity contribution in [2.24, 2.45) is 5.92 Å². The molecule has 214 valence electrons. The van der Waals surface area contributed by atoms with Gasteiger partial charge in [-0.3, -0.25) is 9.59 Å². The van der Waals surface area contributed by atoms with Crippen molar-refractivity contribution >= 4 is 34.1 Å². The highest BCUT2D eigenvalue weighted by Gasteiger charge is 2.40. The first kappa shape index (κ1) is 28.4. The van der Waals surface area contributed by atoms with Crippen LogP contribution in [-0.4, -0.2) is 65.6 Å². The molecule has 2 amide bonds. The molecule has 0 saturated carbocycles. The average Bonchev–Trinajstić information content (AvgIpc) is 3.64. The number of alkyl halides is 3. The zero-order valence-electron chi connectivity index (χ0n) is 22.3. The van der Waals surface area contributed by atoms with Gasteiger partial charge in [-0.1, -0.05) is 18.2 Å². The lowest BCUT2D eigenvalue weighted by Gasteiger charge is -2.35. The van der Waals surface area contributed by atoms with E-state index in [-0.39, 0.29) is 29.3 Å². The summed E-state index contributed by atoms with van der Waals surface area (Å²) in [5.41, 5.74) is 0.0369. The second-order valence-corrected chi connectivity index (χ2v) is 11.2. The number of aromatic nitrogens is 2. The first-order valence-corrected chi connectivity index (χ1v) is 14.3. The number of amides is 2. The molecule has 3 atom stereocenters. The summed E-state index contributed by atoms with van der Waals surface area (Å²) in [5.74, 6) is -0.451. The fourth-order valence-corrected chi connectivity index (χ4v) is 6.37. The van der Waals surface area contributed by atoms with Gasteiger partial charge in [0, 0.05) is 36.1 Å². The van der Waals surface area contributed by atoms with E-state index in [0.717, 1.165) is 12.5 Å². The number of fused-ring (bicyclic) bond motifs is 1. The molecule has 1 aromatic carbocycles.